The lowest BCUT2D eigenvalue weighted by atomic mass is 10.2. The molecular weight excluding hydrogens is 154 g/mol. The van der Waals surface area contributed by atoms with E-state index in [9.17, 15) is 4.79 Å². The van der Waals surface area contributed by atoms with E-state index in [1.54, 1.807) is 7.11 Å². The molecule has 0 saturated carbocycles. The number of Topliss-reactive ketones (excluding diaryl/α,β-unsaturated/α-hetero) is 1. The molecule has 0 aromatic rings. The molecule has 0 heterocycles. The zero-order valence-electron chi connectivity index (χ0n) is 8.46. The van der Waals surface area contributed by atoms with Gasteiger partial charge in [0.05, 0.1) is 6.54 Å². The first-order valence-electron chi connectivity index (χ1n) is 4.32. The predicted octanol–water partition coefficient (Wildman–Crippen LogP) is 0.932. The van der Waals surface area contributed by atoms with E-state index in [0.29, 0.717) is 12.6 Å². The van der Waals surface area contributed by atoms with Crippen LogP contribution in [0.1, 0.15) is 20.3 Å². The lowest BCUT2D eigenvalue weighted by molar-refractivity contribution is -0.123. The van der Waals surface area contributed by atoms with Crippen molar-refractivity contribution in [2.45, 2.75) is 26.3 Å². The third-order valence-corrected chi connectivity index (χ3v) is 2.07. The van der Waals surface area contributed by atoms with Gasteiger partial charge in [0.25, 0.3) is 0 Å². The number of hydrogen-bond acceptors (Lipinski definition) is 3. The Morgan fingerprint density at radius 1 is 1.58 bits per heavy atom. The van der Waals surface area contributed by atoms with Crippen molar-refractivity contribution in [3.05, 3.63) is 0 Å². The van der Waals surface area contributed by atoms with Crippen molar-refractivity contribution in [2.75, 3.05) is 27.3 Å². The van der Waals surface area contributed by atoms with E-state index in [2.05, 4.69) is 13.8 Å². The number of ether oxygens (including phenoxy) is 1. The molecule has 0 N–H and O–H groups in total. The predicted molar refractivity (Wildman–Crippen MR) is 49.3 cm³/mol. The minimum absolute atomic E-state index is 0.139. The number of rotatable bonds is 6. The minimum Gasteiger partial charge on any atom is -0.377 e. The van der Waals surface area contributed by atoms with Crippen LogP contribution in [-0.4, -0.2) is 44.0 Å². The van der Waals surface area contributed by atoms with Gasteiger partial charge in [-0.15, -0.1) is 0 Å². The molecule has 72 valence electrons. The van der Waals surface area contributed by atoms with Crippen molar-refractivity contribution < 1.29 is 9.53 Å². The Labute approximate surface area is 74.7 Å². The van der Waals surface area contributed by atoms with Gasteiger partial charge >= 0.3 is 0 Å². The summed E-state index contributed by atoms with van der Waals surface area (Å²) in [5.41, 5.74) is 0. The fraction of sp³-hybridized carbons (Fsp3) is 0.889. The Bertz CT molecular complexity index is 136. The van der Waals surface area contributed by atoms with Crippen LogP contribution in [0.3, 0.4) is 0 Å². The minimum atomic E-state index is 0.139. The maximum Gasteiger partial charge on any atom is 0.172 e. The van der Waals surface area contributed by atoms with Crippen LogP contribution in [0.2, 0.25) is 0 Å². The molecule has 1 atom stereocenters. The first-order valence-corrected chi connectivity index (χ1v) is 4.32. The summed E-state index contributed by atoms with van der Waals surface area (Å²) in [7, 11) is 3.50. The first kappa shape index (κ1) is 11.6. The number of carbonyl (C=O) groups excluding carboxylic acids is 1. The van der Waals surface area contributed by atoms with Gasteiger partial charge in [0.2, 0.25) is 0 Å². The van der Waals surface area contributed by atoms with Gasteiger partial charge in [-0.3, -0.25) is 9.69 Å². The van der Waals surface area contributed by atoms with E-state index in [1.165, 1.54) is 0 Å². The molecule has 1 unspecified atom stereocenters. The second-order valence-electron chi connectivity index (χ2n) is 3.14. The Balaban J connectivity index is 3.67. The number of likely N-dealkylation sites (N-methyl/N-ethyl adjacent to an activating group) is 1. The van der Waals surface area contributed by atoms with Crippen molar-refractivity contribution in [2.24, 2.45) is 0 Å². The van der Waals surface area contributed by atoms with E-state index in [-0.39, 0.29) is 12.4 Å². The SMILES string of the molecule is CCC(C)N(C)CC(=O)COC. The third kappa shape index (κ3) is 4.46. The van der Waals surface area contributed by atoms with Crippen LogP contribution < -0.4 is 0 Å². The number of ketones is 1. The van der Waals surface area contributed by atoms with Gasteiger partial charge in [0.15, 0.2) is 5.78 Å². The quantitative estimate of drug-likeness (QED) is 0.598. The number of hydrogen-bond donors (Lipinski definition) is 0. The highest BCUT2D eigenvalue weighted by atomic mass is 16.5. The van der Waals surface area contributed by atoms with Gasteiger partial charge in [-0.25, -0.2) is 0 Å². The summed E-state index contributed by atoms with van der Waals surface area (Å²) in [5, 5.41) is 0. The Kier molecular flexibility index (Phi) is 5.93. The van der Waals surface area contributed by atoms with Crippen LogP contribution in [0.4, 0.5) is 0 Å². The first-order chi connectivity index (χ1) is 5.61. The molecule has 0 rings (SSSR count). The number of carbonyl (C=O) groups is 1. The van der Waals surface area contributed by atoms with Gasteiger partial charge in [-0.2, -0.15) is 0 Å². The van der Waals surface area contributed by atoms with E-state index in [4.69, 9.17) is 4.74 Å². The van der Waals surface area contributed by atoms with Gasteiger partial charge < -0.3 is 4.74 Å². The average molecular weight is 173 g/mol. The second-order valence-corrected chi connectivity index (χ2v) is 3.14. The fourth-order valence-corrected chi connectivity index (χ4v) is 0.952. The second kappa shape index (κ2) is 6.14. The molecule has 0 amide bonds. The molecule has 0 aliphatic rings. The van der Waals surface area contributed by atoms with E-state index < -0.39 is 0 Å². The normalized spacial score (nSPS) is 13.4. The van der Waals surface area contributed by atoms with Crippen molar-refractivity contribution in [1.29, 1.82) is 0 Å². The molecule has 12 heavy (non-hydrogen) atoms. The Hall–Kier alpha value is -0.410. The Morgan fingerprint density at radius 2 is 2.17 bits per heavy atom. The van der Waals surface area contributed by atoms with Crippen LogP contribution in [0.5, 0.6) is 0 Å². The highest BCUT2D eigenvalue weighted by molar-refractivity contribution is 5.81. The van der Waals surface area contributed by atoms with Crippen molar-refractivity contribution in [1.82, 2.24) is 4.90 Å². The smallest absolute Gasteiger partial charge is 0.172 e. The summed E-state index contributed by atoms with van der Waals surface area (Å²) < 4.78 is 4.74. The van der Waals surface area contributed by atoms with Gasteiger partial charge in [-0.1, -0.05) is 6.92 Å². The molecule has 0 aromatic heterocycles. The van der Waals surface area contributed by atoms with Gasteiger partial charge in [0.1, 0.15) is 6.61 Å². The summed E-state index contributed by atoms with van der Waals surface area (Å²) in [6.07, 6.45) is 1.07. The highest BCUT2D eigenvalue weighted by Crippen LogP contribution is 1.99. The lowest BCUT2D eigenvalue weighted by Crippen LogP contribution is -2.34. The van der Waals surface area contributed by atoms with E-state index >= 15 is 0 Å². The van der Waals surface area contributed by atoms with E-state index in [1.807, 2.05) is 11.9 Å². The molecule has 0 radical (unpaired) electrons. The van der Waals surface area contributed by atoms with Crippen LogP contribution in [-0.2, 0) is 9.53 Å². The van der Waals surface area contributed by atoms with E-state index in [0.717, 1.165) is 6.42 Å². The van der Waals surface area contributed by atoms with Crippen molar-refractivity contribution in [3.8, 4) is 0 Å². The highest BCUT2D eigenvalue weighted by Gasteiger charge is 2.10. The standard InChI is InChI=1S/C9H19NO2/c1-5-8(2)10(3)6-9(11)7-12-4/h8H,5-7H2,1-4H3. The summed E-state index contributed by atoms with van der Waals surface area (Å²) in [6, 6.07) is 0.464. The Morgan fingerprint density at radius 3 is 2.58 bits per heavy atom. The number of nitrogens with zero attached hydrogens (tertiary/aromatic N) is 1. The molecule has 3 heteroatoms. The maximum absolute atomic E-state index is 11.1. The molecule has 0 bridgehead atoms. The zero-order chi connectivity index (χ0) is 9.56. The zero-order valence-corrected chi connectivity index (χ0v) is 8.46. The molecule has 0 fully saturated rings. The molecule has 0 spiro atoms. The maximum atomic E-state index is 11.1. The lowest BCUT2D eigenvalue weighted by Gasteiger charge is -2.22. The molecule has 0 saturated heterocycles. The summed E-state index contributed by atoms with van der Waals surface area (Å²) in [6.45, 7) is 4.94. The summed E-state index contributed by atoms with van der Waals surface area (Å²) in [5.74, 6) is 0.139. The van der Waals surface area contributed by atoms with Crippen LogP contribution >= 0.6 is 0 Å². The average Bonchev–Trinajstić information content (AvgIpc) is 2.03. The molecule has 0 aromatic carbocycles. The van der Waals surface area contributed by atoms with Crippen LogP contribution in [0, 0.1) is 0 Å². The molecule has 0 aliphatic carbocycles. The third-order valence-electron chi connectivity index (χ3n) is 2.07. The monoisotopic (exact) mass is 173 g/mol. The fourth-order valence-electron chi connectivity index (χ4n) is 0.952. The summed E-state index contributed by atoms with van der Waals surface area (Å²) in [4.78, 5) is 13.2. The molecular formula is C9H19NO2. The van der Waals surface area contributed by atoms with Crippen molar-refractivity contribution >= 4 is 5.78 Å². The van der Waals surface area contributed by atoms with Crippen LogP contribution in [0.15, 0.2) is 0 Å². The van der Waals surface area contributed by atoms with Crippen LogP contribution in [0.25, 0.3) is 0 Å². The summed E-state index contributed by atoms with van der Waals surface area (Å²) >= 11 is 0. The molecule has 3 nitrogen and oxygen atoms in total. The largest absolute Gasteiger partial charge is 0.377 e. The van der Waals surface area contributed by atoms with Crippen molar-refractivity contribution in [3.63, 3.8) is 0 Å². The number of methoxy groups -OCH3 is 1. The van der Waals surface area contributed by atoms with Gasteiger partial charge in [-0.05, 0) is 20.4 Å². The topological polar surface area (TPSA) is 29.5 Å². The molecule has 0 aliphatic heterocycles. The van der Waals surface area contributed by atoms with Gasteiger partial charge in [0, 0.05) is 13.2 Å².